The molecule has 2 aliphatic rings. The monoisotopic (exact) mass is 195 g/mol. The summed E-state index contributed by atoms with van der Waals surface area (Å²) in [5.41, 5.74) is -0.206. The second kappa shape index (κ2) is 2.67. The topological polar surface area (TPSA) is 49.9 Å². The highest BCUT2D eigenvalue weighted by Gasteiger charge is 2.54. The molecule has 0 aliphatic carbocycles. The number of amides is 2. The van der Waals surface area contributed by atoms with Crippen LogP contribution in [0.2, 0.25) is 0 Å². The van der Waals surface area contributed by atoms with Crippen LogP contribution in [0.25, 0.3) is 0 Å². The van der Waals surface area contributed by atoms with Gasteiger partial charge >= 0.3 is 0 Å². The number of carbonyl (C=O) groups is 2. The first-order valence-electron chi connectivity index (χ1n) is 4.66. The Balaban J connectivity index is 2.10. The largest absolute Gasteiger partial charge is 0.364 e. The first-order chi connectivity index (χ1) is 6.43. The van der Waals surface area contributed by atoms with Gasteiger partial charge in [0.05, 0.1) is 11.6 Å². The van der Waals surface area contributed by atoms with Crippen LogP contribution in [0.1, 0.15) is 20.8 Å². The molecule has 2 unspecified atom stereocenters. The molecule has 4 nitrogen and oxygen atoms in total. The van der Waals surface area contributed by atoms with Gasteiger partial charge in [-0.15, -0.1) is 0 Å². The van der Waals surface area contributed by atoms with Gasteiger partial charge in [0.25, 0.3) is 11.8 Å². The summed E-state index contributed by atoms with van der Waals surface area (Å²) in [4.78, 5) is 23.9. The van der Waals surface area contributed by atoms with Crippen molar-refractivity contribution in [1.29, 1.82) is 0 Å². The highest BCUT2D eigenvalue weighted by molar-refractivity contribution is 6.13. The second-order valence-electron chi connectivity index (χ2n) is 4.26. The fourth-order valence-electron chi connectivity index (χ4n) is 1.92. The van der Waals surface area contributed by atoms with Gasteiger partial charge in [-0.25, -0.2) is 0 Å². The quantitative estimate of drug-likeness (QED) is 0.475. The maximum absolute atomic E-state index is 11.3. The molecule has 0 aromatic rings. The number of hydrogen-bond acceptors (Lipinski definition) is 3. The highest BCUT2D eigenvalue weighted by Crippen LogP contribution is 2.39. The Kier molecular flexibility index (Phi) is 1.79. The number of imide groups is 1. The van der Waals surface area contributed by atoms with E-state index in [-0.39, 0.29) is 29.6 Å². The van der Waals surface area contributed by atoms with Gasteiger partial charge in [-0.3, -0.25) is 14.5 Å². The smallest absolute Gasteiger partial charge is 0.253 e. The molecule has 0 radical (unpaired) electrons. The number of nitrogens with zero attached hydrogens (tertiary/aromatic N) is 1. The Morgan fingerprint density at radius 1 is 1.36 bits per heavy atom. The van der Waals surface area contributed by atoms with E-state index in [9.17, 15) is 9.59 Å². The van der Waals surface area contributed by atoms with E-state index in [0.717, 1.165) is 0 Å². The Bertz CT molecular complexity index is 314. The molecule has 2 aliphatic heterocycles. The van der Waals surface area contributed by atoms with Gasteiger partial charge in [-0.1, -0.05) is 0 Å². The molecule has 0 aromatic heterocycles. The molecule has 0 N–H and O–H groups in total. The van der Waals surface area contributed by atoms with E-state index >= 15 is 0 Å². The van der Waals surface area contributed by atoms with Gasteiger partial charge < -0.3 is 4.74 Å². The normalized spacial score (nSPS) is 31.1. The third kappa shape index (κ3) is 1.26. The van der Waals surface area contributed by atoms with Crippen molar-refractivity contribution in [2.45, 2.75) is 38.5 Å². The maximum atomic E-state index is 11.3. The van der Waals surface area contributed by atoms with Gasteiger partial charge in [0.15, 0.2) is 0 Å². The number of rotatable bonds is 2. The molecular formula is C10H13NO3. The minimum atomic E-state index is -0.242. The molecule has 0 aromatic carbocycles. The number of ether oxygens (including phenoxy) is 1. The van der Waals surface area contributed by atoms with Crippen LogP contribution in [-0.4, -0.2) is 34.5 Å². The van der Waals surface area contributed by atoms with Crippen molar-refractivity contribution in [2.24, 2.45) is 0 Å². The molecular weight excluding hydrogens is 182 g/mol. The molecule has 14 heavy (non-hydrogen) atoms. The Hall–Kier alpha value is -1.16. The van der Waals surface area contributed by atoms with Crippen molar-refractivity contribution in [1.82, 2.24) is 4.90 Å². The average molecular weight is 195 g/mol. The molecule has 2 amide bonds. The highest BCUT2D eigenvalue weighted by atomic mass is 16.6. The van der Waals surface area contributed by atoms with Gasteiger partial charge in [0, 0.05) is 12.2 Å². The summed E-state index contributed by atoms with van der Waals surface area (Å²) in [6.45, 7) is 5.74. The molecule has 1 fully saturated rings. The number of epoxide rings is 1. The lowest BCUT2D eigenvalue weighted by Gasteiger charge is -2.21. The van der Waals surface area contributed by atoms with E-state index < -0.39 is 0 Å². The summed E-state index contributed by atoms with van der Waals surface area (Å²) in [5, 5.41) is 0. The number of carbonyl (C=O) groups excluding carboxylic acids is 2. The van der Waals surface area contributed by atoms with Crippen molar-refractivity contribution in [3.05, 3.63) is 12.2 Å². The zero-order chi connectivity index (χ0) is 10.5. The molecule has 1 saturated heterocycles. The van der Waals surface area contributed by atoms with Gasteiger partial charge in [-0.2, -0.15) is 0 Å². The van der Waals surface area contributed by atoms with Crippen LogP contribution in [0.15, 0.2) is 12.2 Å². The Labute approximate surface area is 82.5 Å². The van der Waals surface area contributed by atoms with Gasteiger partial charge in [0.2, 0.25) is 0 Å². The molecule has 76 valence electrons. The summed E-state index contributed by atoms with van der Waals surface area (Å²) in [5.74, 6) is -0.484. The van der Waals surface area contributed by atoms with Crippen LogP contribution in [-0.2, 0) is 14.3 Å². The van der Waals surface area contributed by atoms with E-state index in [2.05, 4.69) is 0 Å². The minimum absolute atomic E-state index is 0.0321. The summed E-state index contributed by atoms with van der Waals surface area (Å²) in [6.07, 6.45) is 2.57. The first kappa shape index (κ1) is 9.40. The van der Waals surface area contributed by atoms with Crippen LogP contribution in [0, 0.1) is 0 Å². The molecule has 0 spiro atoms. The summed E-state index contributed by atoms with van der Waals surface area (Å²) >= 11 is 0. The molecule has 2 rings (SSSR count). The van der Waals surface area contributed by atoms with Gasteiger partial charge in [0.1, 0.15) is 6.10 Å². The number of hydrogen-bond donors (Lipinski definition) is 0. The molecule has 0 bridgehead atoms. The van der Waals surface area contributed by atoms with Crippen molar-refractivity contribution >= 4 is 11.8 Å². The predicted octanol–water partition coefficient (Wildman–Crippen LogP) is 0.477. The van der Waals surface area contributed by atoms with E-state index in [1.54, 1.807) is 0 Å². The fourth-order valence-corrected chi connectivity index (χ4v) is 1.92. The molecule has 2 atom stereocenters. The van der Waals surface area contributed by atoms with Crippen LogP contribution >= 0.6 is 0 Å². The van der Waals surface area contributed by atoms with Crippen LogP contribution < -0.4 is 0 Å². The van der Waals surface area contributed by atoms with Crippen molar-refractivity contribution in [3.8, 4) is 0 Å². The fraction of sp³-hybridized carbons (Fsp3) is 0.600. The van der Waals surface area contributed by atoms with E-state index in [0.29, 0.717) is 0 Å². The van der Waals surface area contributed by atoms with E-state index in [4.69, 9.17) is 4.74 Å². The van der Waals surface area contributed by atoms with E-state index in [1.807, 2.05) is 20.8 Å². The van der Waals surface area contributed by atoms with Gasteiger partial charge in [-0.05, 0) is 20.8 Å². The zero-order valence-electron chi connectivity index (χ0n) is 8.48. The minimum Gasteiger partial charge on any atom is -0.364 e. The Morgan fingerprint density at radius 3 is 2.14 bits per heavy atom. The third-order valence-corrected chi connectivity index (χ3v) is 2.75. The van der Waals surface area contributed by atoms with Crippen molar-refractivity contribution < 1.29 is 14.3 Å². The van der Waals surface area contributed by atoms with Crippen LogP contribution in [0.4, 0.5) is 0 Å². The lowest BCUT2D eigenvalue weighted by Crippen LogP contribution is -2.42. The molecule has 2 heterocycles. The van der Waals surface area contributed by atoms with Crippen LogP contribution in [0.5, 0.6) is 0 Å². The Morgan fingerprint density at radius 2 is 1.79 bits per heavy atom. The average Bonchev–Trinajstić information content (AvgIpc) is 2.59. The van der Waals surface area contributed by atoms with E-state index in [1.165, 1.54) is 17.1 Å². The van der Waals surface area contributed by atoms with Crippen molar-refractivity contribution in [3.63, 3.8) is 0 Å². The maximum Gasteiger partial charge on any atom is 0.253 e. The summed E-state index contributed by atoms with van der Waals surface area (Å²) < 4.78 is 5.40. The zero-order valence-corrected chi connectivity index (χ0v) is 8.48. The lowest BCUT2D eigenvalue weighted by molar-refractivity contribution is -0.139. The molecule has 4 heteroatoms. The second-order valence-corrected chi connectivity index (χ2v) is 4.26. The lowest BCUT2D eigenvalue weighted by atomic mass is 10.0. The van der Waals surface area contributed by atoms with Crippen LogP contribution in [0.3, 0.4) is 0 Å². The summed E-state index contributed by atoms with van der Waals surface area (Å²) in [6, 6.07) is -0.181. The predicted molar refractivity (Wildman–Crippen MR) is 49.4 cm³/mol. The standard InChI is InChI=1S/C10H13NO3/c1-6(9-10(2,3)14-9)11-7(12)4-5-8(11)13/h4-6,9H,1-3H3. The first-order valence-corrected chi connectivity index (χ1v) is 4.66. The molecule has 0 saturated carbocycles. The third-order valence-electron chi connectivity index (χ3n) is 2.75. The van der Waals surface area contributed by atoms with Crippen molar-refractivity contribution in [2.75, 3.05) is 0 Å². The SMILES string of the molecule is CC(C1OC1(C)C)N1C(=O)C=CC1=O. The summed E-state index contributed by atoms with van der Waals surface area (Å²) in [7, 11) is 0.